The first-order valence-corrected chi connectivity index (χ1v) is 6.19. The SMILES string of the molecule is COc1cccc(COC(CN)c2ccccn2)c1. The van der Waals surface area contributed by atoms with Crippen LogP contribution in [0, 0.1) is 0 Å². The Morgan fingerprint density at radius 3 is 2.79 bits per heavy atom. The van der Waals surface area contributed by atoms with E-state index in [4.69, 9.17) is 15.2 Å². The highest BCUT2D eigenvalue weighted by molar-refractivity contribution is 5.27. The summed E-state index contributed by atoms with van der Waals surface area (Å²) in [4.78, 5) is 4.27. The maximum absolute atomic E-state index is 5.82. The van der Waals surface area contributed by atoms with Crippen LogP contribution in [0.4, 0.5) is 0 Å². The van der Waals surface area contributed by atoms with Crippen LogP contribution in [0.15, 0.2) is 48.7 Å². The van der Waals surface area contributed by atoms with E-state index in [2.05, 4.69) is 4.98 Å². The summed E-state index contributed by atoms with van der Waals surface area (Å²) >= 11 is 0. The molecule has 0 saturated carbocycles. The van der Waals surface area contributed by atoms with E-state index in [-0.39, 0.29) is 6.10 Å². The monoisotopic (exact) mass is 258 g/mol. The van der Waals surface area contributed by atoms with Crippen LogP contribution >= 0.6 is 0 Å². The summed E-state index contributed by atoms with van der Waals surface area (Å²) in [5.74, 6) is 0.822. The van der Waals surface area contributed by atoms with Gasteiger partial charge in [-0.2, -0.15) is 0 Å². The van der Waals surface area contributed by atoms with Crippen molar-refractivity contribution < 1.29 is 9.47 Å². The molecule has 0 fully saturated rings. The number of benzene rings is 1. The Hall–Kier alpha value is -1.91. The smallest absolute Gasteiger partial charge is 0.119 e. The number of nitrogens with zero attached hydrogens (tertiary/aromatic N) is 1. The van der Waals surface area contributed by atoms with Crippen molar-refractivity contribution in [3.05, 3.63) is 59.9 Å². The maximum Gasteiger partial charge on any atom is 0.119 e. The summed E-state index contributed by atoms with van der Waals surface area (Å²) in [5.41, 5.74) is 7.64. The largest absolute Gasteiger partial charge is 0.497 e. The van der Waals surface area contributed by atoms with Crippen LogP contribution in [0.25, 0.3) is 0 Å². The lowest BCUT2D eigenvalue weighted by Crippen LogP contribution is -2.16. The number of ether oxygens (including phenoxy) is 2. The van der Waals surface area contributed by atoms with Gasteiger partial charge in [0.05, 0.1) is 19.4 Å². The number of methoxy groups -OCH3 is 1. The van der Waals surface area contributed by atoms with E-state index in [1.807, 2.05) is 42.5 Å². The summed E-state index contributed by atoms with van der Waals surface area (Å²) in [6.45, 7) is 0.886. The van der Waals surface area contributed by atoms with Gasteiger partial charge >= 0.3 is 0 Å². The fourth-order valence-corrected chi connectivity index (χ4v) is 1.80. The van der Waals surface area contributed by atoms with Crippen LogP contribution in [0.5, 0.6) is 5.75 Å². The average Bonchev–Trinajstić information content (AvgIpc) is 2.49. The number of nitrogens with two attached hydrogens (primary N) is 1. The van der Waals surface area contributed by atoms with E-state index >= 15 is 0 Å². The highest BCUT2D eigenvalue weighted by Gasteiger charge is 2.11. The van der Waals surface area contributed by atoms with Crippen LogP contribution < -0.4 is 10.5 Å². The Kier molecular flexibility index (Phi) is 4.89. The number of hydrogen-bond donors (Lipinski definition) is 1. The molecular formula is C15H18N2O2. The third kappa shape index (κ3) is 3.77. The van der Waals surface area contributed by atoms with E-state index < -0.39 is 0 Å². The summed E-state index contributed by atoms with van der Waals surface area (Å²) in [6.07, 6.45) is 1.56. The molecule has 1 unspecified atom stereocenters. The van der Waals surface area contributed by atoms with E-state index in [1.54, 1.807) is 13.3 Å². The molecule has 100 valence electrons. The second-order valence-corrected chi connectivity index (χ2v) is 4.14. The standard InChI is InChI=1S/C15H18N2O2/c1-18-13-6-4-5-12(9-13)11-19-15(10-16)14-7-2-3-8-17-14/h2-9,15H,10-11,16H2,1H3. The Morgan fingerprint density at radius 2 is 2.11 bits per heavy atom. The summed E-state index contributed by atoms with van der Waals surface area (Å²) < 4.78 is 11.0. The Bertz CT molecular complexity index is 503. The van der Waals surface area contributed by atoms with Crippen molar-refractivity contribution in [3.8, 4) is 5.75 Å². The third-order valence-corrected chi connectivity index (χ3v) is 2.82. The van der Waals surface area contributed by atoms with E-state index in [0.29, 0.717) is 13.2 Å². The molecule has 0 bridgehead atoms. The molecule has 1 aromatic carbocycles. The molecule has 2 N–H and O–H groups in total. The predicted molar refractivity (Wildman–Crippen MR) is 73.8 cm³/mol. The van der Waals surface area contributed by atoms with Crippen LogP contribution in [0.1, 0.15) is 17.4 Å². The fraction of sp³-hybridized carbons (Fsp3) is 0.267. The molecule has 1 aromatic heterocycles. The van der Waals surface area contributed by atoms with Gasteiger partial charge in [0.1, 0.15) is 11.9 Å². The topological polar surface area (TPSA) is 57.4 Å². The summed E-state index contributed by atoms with van der Waals surface area (Å²) in [7, 11) is 1.65. The Morgan fingerprint density at radius 1 is 1.21 bits per heavy atom. The quantitative estimate of drug-likeness (QED) is 0.863. The zero-order valence-electron chi connectivity index (χ0n) is 11.0. The zero-order valence-corrected chi connectivity index (χ0v) is 11.0. The molecule has 0 aliphatic carbocycles. The number of pyridine rings is 1. The minimum atomic E-state index is -0.188. The minimum Gasteiger partial charge on any atom is -0.497 e. The van der Waals surface area contributed by atoms with Gasteiger partial charge in [-0.05, 0) is 29.8 Å². The number of aromatic nitrogens is 1. The normalized spacial score (nSPS) is 12.1. The molecule has 2 rings (SSSR count). The molecule has 0 amide bonds. The predicted octanol–water partition coefficient (Wildman–Crippen LogP) is 2.31. The average molecular weight is 258 g/mol. The van der Waals surface area contributed by atoms with Gasteiger partial charge in [0.25, 0.3) is 0 Å². The summed E-state index contributed by atoms with van der Waals surface area (Å²) in [6, 6.07) is 13.5. The van der Waals surface area contributed by atoms with Crippen molar-refractivity contribution in [1.82, 2.24) is 4.98 Å². The molecular weight excluding hydrogens is 240 g/mol. The van der Waals surface area contributed by atoms with Crippen molar-refractivity contribution in [2.24, 2.45) is 5.73 Å². The lowest BCUT2D eigenvalue weighted by Gasteiger charge is -2.15. The van der Waals surface area contributed by atoms with Crippen molar-refractivity contribution in [3.63, 3.8) is 0 Å². The first-order valence-electron chi connectivity index (χ1n) is 6.19. The Balaban J connectivity index is 2.00. The van der Waals surface area contributed by atoms with Gasteiger partial charge in [-0.25, -0.2) is 0 Å². The number of rotatable bonds is 6. The molecule has 0 radical (unpaired) electrons. The molecule has 4 nitrogen and oxygen atoms in total. The summed E-state index contributed by atoms with van der Waals surface area (Å²) in [5, 5.41) is 0. The third-order valence-electron chi connectivity index (χ3n) is 2.82. The first kappa shape index (κ1) is 13.5. The molecule has 0 spiro atoms. The van der Waals surface area contributed by atoms with Gasteiger partial charge in [-0.3, -0.25) is 4.98 Å². The fourth-order valence-electron chi connectivity index (χ4n) is 1.80. The van der Waals surface area contributed by atoms with E-state index in [9.17, 15) is 0 Å². The van der Waals surface area contributed by atoms with Crippen LogP contribution in [0.2, 0.25) is 0 Å². The molecule has 1 heterocycles. The van der Waals surface area contributed by atoms with Crippen molar-refractivity contribution in [1.29, 1.82) is 0 Å². The van der Waals surface area contributed by atoms with Gasteiger partial charge in [-0.15, -0.1) is 0 Å². The maximum atomic E-state index is 5.82. The zero-order chi connectivity index (χ0) is 13.5. The minimum absolute atomic E-state index is 0.188. The highest BCUT2D eigenvalue weighted by Crippen LogP contribution is 2.18. The van der Waals surface area contributed by atoms with E-state index in [1.165, 1.54) is 0 Å². The van der Waals surface area contributed by atoms with Gasteiger partial charge < -0.3 is 15.2 Å². The molecule has 0 saturated heterocycles. The van der Waals surface area contributed by atoms with Crippen LogP contribution in [-0.2, 0) is 11.3 Å². The highest BCUT2D eigenvalue weighted by atomic mass is 16.5. The van der Waals surface area contributed by atoms with Gasteiger partial charge in [0, 0.05) is 12.7 Å². The second-order valence-electron chi connectivity index (χ2n) is 4.14. The molecule has 2 aromatic rings. The first-order chi connectivity index (χ1) is 9.33. The lowest BCUT2D eigenvalue weighted by atomic mass is 10.2. The molecule has 0 aliphatic rings. The lowest BCUT2D eigenvalue weighted by molar-refractivity contribution is 0.0428. The van der Waals surface area contributed by atoms with Crippen molar-refractivity contribution in [2.75, 3.05) is 13.7 Å². The van der Waals surface area contributed by atoms with Crippen molar-refractivity contribution in [2.45, 2.75) is 12.7 Å². The van der Waals surface area contributed by atoms with Gasteiger partial charge in [-0.1, -0.05) is 18.2 Å². The molecule has 4 heteroatoms. The Labute approximate surface area is 113 Å². The second kappa shape index (κ2) is 6.87. The molecule has 1 atom stereocenters. The molecule has 19 heavy (non-hydrogen) atoms. The van der Waals surface area contributed by atoms with Crippen LogP contribution in [-0.4, -0.2) is 18.6 Å². The van der Waals surface area contributed by atoms with Gasteiger partial charge in [0.15, 0.2) is 0 Å². The van der Waals surface area contributed by atoms with Crippen molar-refractivity contribution >= 4 is 0 Å². The molecule has 0 aliphatic heterocycles. The van der Waals surface area contributed by atoms with E-state index in [0.717, 1.165) is 17.0 Å². The van der Waals surface area contributed by atoms with Crippen LogP contribution in [0.3, 0.4) is 0 Å². The number of hydrogen-bond acceptors (Lipinski definition) is 4. The van der Waals surface area contributed by atoms with Gasteiger partial charge in [0.2, 0.25) is 0 Å².